The molecule has 0 amide bonds. The fourth-order valence-corrected chi connectivity index (χ4v) is 1.49. The van der Waals surface area contributed by atoms with Gasteiger partial charge in [-0.15, -0.1) is 0 Å². The quantitative estimate of drug-likeness (QED) is 0.576. The fraction of sp³-hybridized carbons (Fsp3) is 1.00. The highest BCUT2D eigenvalue weighted by molar-refractivity contribution is 6.78. The highest BCUT2D eigenvalue weighted by Crippen LogP contribution is 2.12. The van der Waals surface area contributed by atoms with Crippen LogP contribution in [0.25, 0.3) is 0 Å². The van der Waals surface area contributed by atoms with E-state index in [9.17, 15) is 0 Å². The van der Waals surface area contributed by atoms with E-state index >= 15 is 0 Å². The largest absolute Gasteiger partial charge is 0.397 e. The Morgan fingerprint density at radius 3 is 2.00 bits per heavy atom. The van der Waals surface area contributed by atoms with E-state index in [-0.39, 0.29) is 12.3 Å². The van der Waals surface area contributed by atoms with Gasteiger partial charge in [0.1, 0.15) is 0 Å². The van der Waals surface area contributed by atoms with Gasteiger partial charge in [-0.3, -0.25) is 0 Å². The van der Waals surface area contributed by atoms with Crippen LogP contribution in [0, 0.1) is 0 Å². The Kier molecular flexibility index (Phi) is 3.39. The van der Waals surface area contributed by atoms with Gasteiger partial charge in [-0.1, -0.05) is 13.1 Å². The fourth-order valence-electron chi connectivity index (χ4n) is 0.497. The minimum absolute atomic E-state index is 0.204. The molecule has 3 heteroatoms. The van der Waals surface area contributed by atoms with Crippen molar-refractivity contribution in [1.82, 2.24) is 0 Å². The topological polar surface area (TPSA) is 40.5 Å². The number of aliphatic hydroxyl groups is 2. The number of aliphatic hydroxyl groups excluding tert-OH is 2. The standard InChI is InChI=1S/C6H16O2Si/c1-6(8)9(2,3)5-4-7/h6-8H,4-5H2,1-3H3. The zero-order valence-corrected chi connectivity index (χ0v) is 7.39. The highest BCUT2D eigenvalue weighted by atomic mass is 28.3. The van der Waals surface area contributed by atoms with E-state index in [0.29, 0.717) is 0 Å². The lowest BCUT2D eigenvalue weighted by molar-refractivity contribution is 0.257. The normalized spacial score (nSPS) is 15.7. The molecule has 0 aliphatic rings. The first kappa shape index (κ1) is 9.14. The molecule has 0 aromatic carbocycles. The van der Waals surface area contributed by atoms with Gasteiger partial charge in [0.25, 0.3) is 0 Å². The van der Waals surface area contributed by atoms with Crippen LogP contribution in [0.4, 0.5) is 0 Å². The molecular formula is C6H16O2Si. The van der Waals surface area contributed by atoms with Crippen molar-refractivity contribution in [1.29, 1.82) is 0 Å². The smallest absolute Gasteiger partial charge is 0.0830 e. The summed E-state index contributed by atoms with van der Waals surface area (Å²) in [6, 6.07) is 0.796. The molecule has 1 atom stereocenters. The van der Waals surface area contributed by atoms with E-state index in [1.165, 1.54) is 0 Å². The second-order valence-corrected chi connectivity index (χ2v) is 8.45. The lowest BCUT2D eigenvalue weighted by Crippen LogP contribution is -2.39. The van der Waals surface area contributed by atoms with Crippen LogP contribution in [-0.4, -0.2) is 30.6 Å². The summed E-state index contributed by atoms with van der Waals surface area (Å²) < 4.78 is 0. The van der Waals surface area contributed by atoms with Crippen molar-refractivity contribution < 1.29 is 10.2 Å². The number of hydrogen-bond acceptors (Lipinski definition) is 2. The maximum absolute atomic E-state index is 9.16. The van der Waals surface area contributed by atoms with Crippen LogP contribution in [0.5, 0.6) is 0 Å². The van der Waals surface area contributed by atoms with E-state index < -0.39 is 8.07 Å². The molecule has 0 bridgehead atoms. The first-order valence-corrected chi connectivity index (χ1v) is 6.58. The van der Waals surface area contributed by atoms with Crippen LogP contribution < -0.4 is 0 Å². The molecule has 1 unspecified atom stereocenters. The van der Waals surface area contributed by atoms with Gasteiger partial charge in [0, 0.05) is 12.3 Å². The summed E-state index contributed by atoms with van der Waals surface area (Å²) in [5.41, 5.74) is -0.204. The van der Waals surface area contributed by atoms with E-state index in [2.05, 4.69) is 13.1 Å². The molecule has 0 aromatic heterocycles. The van der Waals surface area contributed by atoms with E-state index in [1.54, 1.807) is 0 Å². The lowest BCUT2D eigenvalue weighted by atomic mass is 10.8. The zero-order chi connectivity index (χ0) is 7.49. The molecule has 0 aliphatic carbocycles. The van der Waals surface area contributed by atoms with Crippen molar-refractivity contribution >= 4 is 8.07 Å². The Balaban J connectivity index is 3.70. The molecule has 0 rings (SSSR count). The Morgan fingerprint density at radius 2 is 1.89 bits per heavy atom. The van der Waals surface area contributed by atoms with Crippen molar-refractivity contribution in [2.75, 3.05) is 6.61 Å². The van der Waals surface area contributed by atoms with E-state index in [4.69, 9.17) is 10.2 Å². The summed E-state index contributed by atoms with van der Waals surface area (Å²) in [5.74, 6) is 0. The summed E-state index contributed by atoms with van der Waals surface area (Å²) in [5, 5.41) is 17.7. The molecule has 0 heterocycles. The van der Waals surface area contributed by atoms with Gasteiger partial charge in [-0.2, -0.15) is 0 Å². The predicted octanol–water partition coefficient (Wildman–Crippen LogP) is 0.607. The summed E-state index contributed by atoms with van der Waals surface area (Å²) in [4.78, 5) is 0. The van der Waals surface area contributed by atoms with Crippen molar-refractivity contribution in [2.45, 2.75) is 31.8 Å². The van der Waals surface area contributed by atoms with Crippen molar-refractivity contribution in [3.63, 3.8) is 0 Å². The third kappa shape index (κ3) is 2.98. The molecule has 0 fully saturated rings. The maximum Gasteiger partial charge on any atom is 0.0830 e. The highest BCUT2D eigenvalue weighted by Gasteiger charge is 2.25. The second-order valence-electron chi connectivity index (χ2n) is 3.14. The Bertz CT molecular complexity index is 81.1. The number of hydrogen-bond donors (Lipinski definition) is 2. The second kappa shape index (κ2) is 3.34. The molecule has 0 aliphatic heterocycles. The molecule has 0 saturated carbocycles. The third-order valence-corrected chi connectivity index (χ3v) is 5.66. The zero-order valence-electron chi connectivity index (χ0n) is 6.39. The first-order chi connectivity index (χ1) is 4.00. The van der Waals surface area contributed by atoms with Crippen molar-refractivity contribution in [3.8, 4) is 0 Å². The van der Waals surface area contributed by atoms with Gasteiger partial charge in [-0.05, 0) is 13.0 Å². The lowest BCUT2D eigenvalue weighted by Gasteiger charge is -2.23. The predicted molar refractivity (Wildman–Crippen MR) is 41.1 cm³/mol. The third-order valence-electron chi connectivity index (χ3n) is 1.89. The van der Waals surface area contributed by atoms with Crippen LogP contribution in [-0.2, 0) is 0 Å². The summed E-state index contributed by atoms with van der Waals surface area (Å²) in [6.07, 6.45) is 0. The van der Waals surface area contributed by atoms with Crippen LogP contribution >= 0.6 is 0 Å². The molecule has 0 saturated heterocycles. The van der Waals surface area contributed by atoms with Gasteiger partial charge < -0.3 is 10.2 Å². The van der Waals surface area contributed by atoms with Crippen LogP contribution in [0.2, 0.25) is 19.1 Å². The molecule has 0 radical (unpaired) electrons. The SMILES string of the molecule is CC(O)[Si](C)(C)CCO. The summed E-state index contributed by atoms with van der Waals surface area (Å²) in [6.45, 7) is 6.17. The molecule has 2 nitrogen and oxygen atoms in total. The van der Waals surface area contributed by atoms with E-state index in [1.807, 2.05) is 6.92 Å². The average molecular weight is 148 g/mol. The Labute approximate surface area is 57.5 Å². The molecule has 9 heavy (non-hydrogen) atoms. The van der Waals surface area contributed by atoms with Gasteiger partial charge >= 0.3 is 0 Å². The van der Waals surface area contributed by atoms with Gasteiger partial charge in [0.15, 0.2) is 0 Å². The Hall–Kier alpha value is 0.137. The Morgan fingerprint density at radius 1 is 1.44 bits per heavy atom. The summed E-state index contributed by atoms with van der Waals surface area (Å²) in [7, 11) is -1.48. The monoisotopic (exact) mass is 148 g/mol. The van der Waals surface area contributed by atoms with Gasteiger partial charge in [0.2, 0.25) is 0 Å². The average Bonchev–Trinajstić information content (AvgIpc) is 1.65. The van der Waals surface area contributed by atoms with Crippen LogP contribution in [0.1, 0.15) is 6.92 Å². The summed E-state index contributed by atoms with van der Waals surface area (Å²) >= 11 is 0. The van der Waals surface area contributed by atoms with Crippen LogP contribution in [0.15, 0.2) is 0 Å². The van der Waals surface area contributed by atoms with Crippen molar-refractivity contribution in [2.24, 2.45) is 0 Å². The van der Waals surface area contributed by atoms with Gasteiger partial charge in [-0.25, -0.2) is 0 Å². The minimum Gasteiger partial charge on any atom is -0.397 e. The molecule has 2 N–H and O–H groups in total. The molecule has 0 spiro atoms. The number of rotatable bonds is 3. The maximum atomic E-state index is 9.16. The van der Waals surface area contributed by atoms with Crippen molar-refractivity contribution in [3.05, 3.63) is 0 Å². The van der Waals surface area contributed by atoms with E-state index in [0.717, 1.165) is 6.04 Å². The minimum atomic E-state index is -1.48. The molecule has 56 valence electrons. The molecular weight excluding hydrogens is 132 g/mol. The van der Waals surface area contributed by atoms with Gasteiger partial charge in [0.05, 0.1) is 8.07 Å². The van der Waals surface area contributed by atoms with Crippen LogP contribution in [0.3, 0.4) is 0 Å². The molecule has 0 aromatic rings. The first-order valence-electron chi connectivity index (χ1n) is 3.29.